The molecule has 0 radical (unpaired) electrons. The van der Waals surface area contributed by atoms with Gasteiger partial charge in [0.25, 0.3) is 0 Å². The number of hydrogen-bond acceptors (Lipinski definition) is 7. The lowest BCUT2D eigenvalue weighted by atomic mass is 9.75. The minimum Gasteiger partial charge on any atom is -0.480 e. The maximum atomic E-state index is 14.1. The molecule has 1 fully saturated rings. The van der Waals surface area contributed by atoms with E-state index in [0.717, 1.165) is 12.1 Å². The average molecular weight is 437 g/mol. The molecule has 2 N–H and O–H groups in total. The Kier molecular flexibility index (Phi) is 6.79. The van der Waals surface area contributed by atoms with Crippen molar-refractivity contribution in [2.45, 2.75) is 41.4 Å². The summed E-state index contributed by atoms with van der Waals surface area (Å²) in [6.07, 6.45) is 0.138. The lowest BCUT2D eigenvalue weighted by molar-refractivity contribution is -0.146. The fourth-order valence-electron chi connectivity index (χ4n) is 3.50. The highest BCUT2D eigenvalue weighted by atomic mass is 32.2. The van der Waals surface area contributed by atoms with E-state index in [1.807, 2.05) is 11.9 Å². The summed E-state index contributed by atoms with van der Waals surface area (Å²) < 4.78 is 56.4. The van der Waals surface area contributed by atoms with Gasteiger partial charge in [0.2, 0.25) is 10.0 Å². The van der Waals surface area contributed by atoms with Crippen LogP contribution in [0.25, 0.3) is 0 Å². The van der Waals surface area contributed by atoms with Gasteiger partial charge in [0.05, 0.1) is 4.75 Å². The van der Waals surface area contributed by atoms with Gasteiger partial charge >= 0.3 is 5.97 Å². The number of nitrogens with one attached hydrogen (secondary N) is 1. The zero-order chi connectivity index (χ0) is 21.2. The number of piperidine rings is 1. The fourth-order valence-corrected chi connectivity index (χ4v) is 6.07. The zero-order valence-electron chi connectivity index (χ0n) is 15.3. The van der Waals surface area contributed by atoms with E-state index >= 15 is 0 Å². The van der Waals surface area contributed by atoms with Crippen LogP contribution in [0.1, 0.15) is 26.2 Å². The van der Waals surface area contributed by atoms with Crippen molar-refractivity contribution in [3.8, 4) is 0 Å². The van der Waals surface area contributed by atoms with Gasteiger partial charge in [0.1, 0.15) is 22.1 Å². The van der Waals surface area contributed by atoms with Gasteiger partial charge in [-0.1, -0.05) is 6.92 Å². The lowest BCUT2D eigenvalue weighted by Gasteiger charge is -2.48. The number of nitroso groups, excluding NO2 is 1. The van der Waals surface area contributed by atoms with Crippen molar-refractivity contribution in [3.05, 3.63) is 34.7 Å². The lowest BCUT2D eigenvalue weighted by Crippen LogP contribution is -2.69. The molecule has 1 unspecified atom stereocenters. The van der Waals surface area contributed by atoms with Crippen molar-refractivity contribution < 1.29 is 27.1 Å². The Labute approximate surface area is 165 Å². The second-order valence-electron chi connectivity index (χ2n) is 6.71. The Balaban J connectivity index is 2.58. The third-order valence-electron chi connectivity index (χ3n) is 5.17. The maximum Gasteiger partial charge on any atom is 0.326 e. The number of nitrogens with zero attached hydrogens (tertiary/aromatic N) is 2. The highest BCUT2D eigenvalue weighted by Crippen LogP contribution is 2.47. The van der Waals surface area contributed by atoms with Crippen LogP contribution in [0, 0.1) is 16.5 Å². The molecule has 1 aromatic carbocycles. The summed E-state index contributed by atoms with van der Waals surface area (Å²) in [5.41, 5.74) is -2.12. The maximum absolute atomic E-state index is 14.1. The number of carboxylic acid groups (broad SMARTS) is 1. The second kappa shape index (κ2) is 8.39. The topological polar surface area (TPSA) is 116 Å². The third-order valence-corrected chi connectivity index (χ3v) is 7.88. The van der Waals surface area contributed by atoms with E-state index in [1.54, 1.807) is 0 Å². The highest BCUT2D eigenvalue weighted by molar-refractivity contribution is 7.99. The minimum atomic E-state index is -4.68. The van der Waals surface area contributed by atoms with Crippen LogP contribution in [0.2, 0.25) is 0 Å². The van der Waals surface area contributed by atoms with E-state index in [1.165, 1.54) is 6.92 Å². The molecule has 12 heteroatoms. The first-order chi connectivity index (χ1) is 13.0. The summed E-state index contributed by atoms with van der Waals surface area (Å²) in [7, 11) is -2.87. The number of sulfonamides is 1. The van der Waals surface area contributed by atoms with Crippen LogP contribution < -0.4 is 4.72 Å². The van der Waals surface area contributed by atoms with Gasteiger partial charge in [-0.3, -0.25) is 4.79 Å². The summed E-state index contributed by atoms with van der Waals surface area (Å²) in [5.74, 6) is -3.81. The monoisotopic (exact) mass is 437 g/mol. The van der Waals surface area contributed by atoms with Gasteiger partial charge in [-0.25, -0.2) is 17.2 Å². The van der Waals surface area contributed by atoms with Crippen molar-refractivity contribution >= 4 is 27.9 Å². The van der Waals surface area contributed by atoms with Crippen molar-refractivity contribution in [1.29, 1.82) is 0 Å². The van der Waals surface area contributed by atoms with Gasteiger partial charge in [-0.05, 0) is 51.5 Å². The van der Waals surface area contributed by atoms with Crippen molar-refractivity contribution in [1.82, 2.24) is 9.62 Å². The number of carboxylic acids is 1. The number of aliphatic carboxylic acids is 1. The van der Waals surface area contributed by atoms with Crippen LogP contribution >= 0.6 is 11.9 Å². The van der Waals surface area contributed by atoms with E-state index in [9.17, 15) is 32.0 Å². The molecule has 156 valence electrons. The normalized spacial score (nSPS) is 19.7. The highest BCUT2D eigenvalue weighted by Gasteiger charge is 2.60. The molecule has 0 bridgehead atoms. The Morgan fingerprint density at radius 1 is 1.39 bits per heavy atom. The molecule has 0 amide bonds. The number of rotatable bonds is 8. The van der Waals surface area contributed by atoms with Crippen molar-refractivity contribution in [3.63, 3.8) is 0 Å². The predicted octanol–water partition coefficient (Wildman–Crippen LogP) is 2.36. The number of carbonyl (C=O) groups is 1. The van der Waals surface area contributed by atoms with E-state index in [2.05, 4.69) is 9.30 Å². The molecular weight excluding hydrogens is 416 g/mol. The summed E-state index contributed by atoms with van der Waals surface area (Å²) in [6.45, 7) is 2.30. The van der Waals surface area contributed by atoms with Gasteiger partial charge < -0.3 is 10.0 Å². The molecule has 0 spiro atoms. The third kappa shape index (κ3) is 4.04. The Hall–Kier alpha value is -1.63. The van der Waals surface area contributed by atoms with Crippen LogP contribution in [0.15, 0.2) is 27.7 Å². The molecular formula is C16H21F2N3O5S2. The minimum absolute atomic E-state index is 0.175. The summed E-state index contributed by atoms with van der Waals surface area (Å²) >= 11 is 0.485. The van der Waals surface area contributed by atoms with Crippen LogP contribution in [-0.4, -0.2) is 54.8 Å². The van der Waals surface area contributed by atoms with Crippen LogP contribution in [0.4, 0.5) is 8.78 Å². The number of likely N-dealkylation sites (tertiary alicyclic amines) is 1. The molecule has 8 nitrogen and oxygen atoms in total. The zero-order valence-corrected chi connectivity index (χ0v) is 16.9. The van der Waals surface area contributed by atoms with E-state index < -0.39 is 42.8 Å². The number of benzene rings is 1. The van der Waals surface area contributed by atoms with Gasteiger partial charge in [-0.2, -0.15) is 4.72 Å². The predicted molar refractivity (Wildman–Crippen MR) is 100 cm³/mol. The number of hydrogen-bond donors (Lipinski definition) is 2. The molecule has 0 saturated carbocycles. The smallest absolute Gasteiger partial charge is 0.326 e. The van der Waals surface area contributed by atoms with E-state index in [-0.39, 0.29) is 19.3 Å². The first-order valence-electron chi connectivity index (χ1n) is 8.45. The average Bonchev–Trinajstić information content (AvgIpc) is 2.61. The van der Waals surface area contributed by atoms with Gasteiger partial charge in [0, 0.05) is 22.6 Å². The largest absolute Gasteiger partial charge is 0.480 e. The quantitative estimate of drug-likeness (QED) is 0.474. The fraction of sp³-hybridized carbons (Fsp3) is 0.562. The Morgan fingerprint density at radius 2 is 2.00 bits per heavy atom. The molecule has 0 aromatic heterocycles. The van der Waals surface area contributed by atoms with Gasteiger partial charge in [0.15, 0.2) is 0 Å². The molecule has 28 heavy (non-hydrogen) atoms. The second-order valence-corrected chi connectivity index (χ2v) is 9.47. The summed E-state index contributed by atoms with van der Waals surface area (Å²) in [5, 5.41) is 10.0. The first-order valence-corrected chi connectivity index (χ1v) is 10.7. The van der Waals surface area contributed by atoms with Crippen LogP contribution in [0.3, 0.4) is 0 Å². The van der Waals surface area contributed by atoms with Crippen LogP contribution in [0.5, 0.6) is 0 Å². The SMILES string of the molecule is CCC(NS(=O)(=O)c1ccc(F)cc1F)(C(=O)O)C1(SN=O)CCN(C)CC1. The first kappa shape index (κ1) is 22.7. The molecule has 1 aromatic rings. The Bertz CT molecular complexity index is 860. The van der Waals surface area contributed by atoms with E-state index in [4.69, 9.17) is 0 Å². The van der Waals surface area contributed by atoms with Crippen LogP contribution in [-0.2, 0) is 14.8 Å². The van der Waals surface area contributed by atoms with Crippen molar-refractivity contribution in [2.75, 3.05) is 20.1 Å². The van der Waals surface area contributed by atoms with Gasteiger partial charge in [-0.15, -0.1) is 4.91 Å². The molecule has 1 aliphatic heterocycles. The number of halogens is 2. The molecule has 1 atom stereocenters. The summed E-state index contributed by atoms with van der Waals surface area (Å²) in [4.78, 5) is 24.5. The standard InChI is InChI=1S/C16H21F2N3O5S2/c1-3-16(14(22)23,15(27-20-24)6-8-21(2)9-7-15)19-28(25,26)13-5-4-11(17)10-12(13)18/h4-5,10,19H,3,6-9H2,1-2H3,(H,22,23). The molecule has 1 heterocycles. The Morgan fingerprint density at radius 3 is 2.46 bits per heavy atom. The summed E-state index contributed by atoms with van der Waals surface area (Å²) in [6, 6.07) is 1.89. The molecule has 1 aliphatic rings. The molecule has 0 aliphatic carbocycles. The van der Waals surface area contributed by atoms with Crippen molar-refractivity contribution in [2.24, 2.45) is 4.58 Å². The molecule has 2 rings (SSSR count). The van der Waals surface area contributed by atoms with E-state index in [0.29, 0.717) is 31.1 Å². The molecule has 1 saturated heterocycles.